The van der Waals surface area contributed by atoms with Gasteiger partial charge in [0.05, 0.1) is 6.61 Å². The van der Waals surface area contributed by atoms with Gasteiger partial charge in [0, 0.05) is 32.6 Å². The first-order chi connectivity index (χ1) is 11.0. The van der Waals surface area contributed by atoms with Crippen LogP contribution in [-0.2, 0) is 9.53 Å². The van der Waals surface area contributed by atoms with Crippen LogP contribution in [0.4, 0.5) is 13.2 Å². The number of carbonyl (C=O) groups is 1. The average Bonchev–Trinajstić information content (AvgIpc) is 2.94. The first kappa shape index (κ1) is 16.3. The number of halogens is 3. The molecular weight excluding hydrogens is 309 g/mol. The molecule has 2 atom stereocenters. The SMILES string of the molecule is O=C1OCCC1N1CCN(C(c2ccccc2)C(F)(F)F)CC1. The van der Waals surface area contributed by atoms with Gasteiger partial charge in [-0.2, -0.15) is 13.2 Å². The summed E-state index contributed by atoms with van der Waals surface area (Å²) in [7, 11) is 0. The Balaban J connectivity index is 1.70. The molecule has 0 radical (unpaired) electrons. The molecule has 0 aromatic heterocycles. The van der Waals surface area contributed by atoms with Crippen molar-refractivity contribution in [3.8, 4) is 0 Å². The molecule has 7 heteroatoms. The molecule has 2 aliphatic rings. The summed E-state index contributed by atoms with van der Waals surface area (Å²) >= 11 is 0. The summed E-state index contributed by atoms with van der Waals surface area (Å²) < 4.78 is 45.5. The molecule has 4 nitrogen and oxygen atoms in total. The lowest BCUT2D eigenvalue weighted by molar-refractivity contribution is -0.191. The van der Waals surface area contributed by atoms with Crippen LogP contribution in [-0.4, -0.2) is 60.8 Å². The van der Waals surface area contributed by atoms with Crippen molar-refractivity contribution < 1.29 is 22.7 Å². The number of cyclic esters (lactones) is 1. The molecule has 2 unspecified atom stereocenters. The zero-order valence-electron chi connectivity index (χ0n) is 12.6. The number of hydrogen-bond acceptors (Lipinski definition) is 4. The van der Waals surface area contributed by atoms with Crippen LogP contribution in [0.3, 0.4) is 0 Å². The van der Waals surface area contributed by atoms with Gasteiger partial charge >= 0.3 is 12.1 Å². The Morgan fingerprint density at radius 3 is 2.26 bits per heavy atom. The number of alkyl halides is 3. The molecule has 2 fully saturated rings. The predicted octanol–water partition coefficient (Wildman–Crippen LogP) is 2.22. The minimum absolute atomic E-state index is 0.256. The smallest absolute Gasteiger partial charge is 0.408 e. The number of esters is 1. The summed E-state index contributed by atoms with van der Waals surface area (Å²) in [6, 6.07) is 6.09. The summed E-state index contributed by atoms with van der Waals surface area (Å²) in [6.07, 6.45) is -3.70. The maximum atomic E-state index is 13.5. The average molecular weight is 328 g/mol. The number of benzene rings is 1. The normalized spacial score (nSPS) is 25.3. The molecule has 2 aliphatic heterocycles. The summed E-state index contributed by atoms with van der Waals surface area (Å²) in [5.74, 6) is -0.256. The summed E-state index contributed by atoms with van der Waals surface area (Å²) in [4.78, 5) is 15.0. The molecule has 0 spiro atoms. The zero-order valence-corrected chi connectivity index (χ0v) is 12.6. The second-order valence-corrected chi connectivity index (χ2v) is 5.90. The Kier molecular flexibility index (Phi) is 4.59. The van der Waals surface area contributed by atoms with E-state index in [-0.39, 0.29) is 30.7 Å². The van der Waals surface area contributed by atoms with Crippen LogP contribution >= 0.6 is 0 Å². The molecule has 0 bridgehead atoms. The van der Waals surface area contributed by atoms with Crippen molar-refractivity contribution in [2.24, 2.45) is 0 Å². The Morgan fingerprint density at radius 2 is 1.74 bits per heavy atom. The van der Waals surface area contributed by atoms with Crippen molar-refractivity contribution in [3.05, 3.63) is 35.9 Å². The fourth-order valence-electron chi connectivity index (χ4n) is 3.37. The Bertz CT molecular complexity index is 542. The lowest BCUT2D eigenvalue weighted by Gasteiger charge is -2.41. The maximum Gasteiger partial charge on any atom is 0.408 e. The van der Waals surface area contributed by atoms with E-state index in [1.54, 1.807) is 18.2 Å². The van der Waals surface area contributed by atoms with Crippen LogP contribution in [0.1, 0.15) is 18.0 Å². The standard InChI is InChI=1S/C16H19F3N2O2/c17-16(18,19)14(12-4-2-1-3-5-12)21-9-7-20(8-10-21)13-6-11-23-15(13)22/h1-5,13-14H,6-11H2. The van der Waals surface area contributed by atoms with Gasteiger partial charge in [-0.1, -0.05) is 30.3 Å². The monoisotopic (exact) mass is 328 g/mol. The maximum absolute atomic E-state index is 13.5. The molecule has 1 aromatic carbocycles. The molecule has 0 N–H and O–H groups in total. The summed E-state index contributed by atoms with van der Waals surface area (Å²) in [6.45, 7) is 1.85. The number of piperazine rings is 1. The van der Waals surface area contributed by atoms with E-state index < -0.39 is 12.2 Å². The number of hydrogen-bond donors (Lipinski definition) is 0. The van der Waals surface area contributed by atoms with Crippen molar-refractivity contribution in [3.63, 3.8) is 0 Å². The lowest BCUT2D eigenvalue weighted by Crippen LogP contribution is -2.54. The topological polar surface area (TPSA) is 32.8 Å². The molecule has 0 aliphatic carbocycles. The molecule has 23 heavy (non-hydrogen) atoms. The quantitative estimate of drug-likeness (QED) is 0.797. The largest absolute Gasteiger partial charge is 0.464 e. The van der Waals surface area contributed by atoms with Crippen molar-refractivity contribution in [2.45, 2.75) is 24.7 Å². The number of carbonyl (C=O) groups excluding carboxylic acids is 1. The van der Waals surface area contributed by atoms with E-state index in [0.29, 0.717) is 26.1 Å². The minimum atomic E-state index is -4.32. The van der Waals surface area contributed by atoms with E-state index in [1.807, 2.05) is 4.90 Å². The third-order valence-corrected chi connectivity index (χ3v) is 4.49. The van der Waals surface area contributed by atoms with Crippen LogP contribution in [0.15, 0.2) is 30.3 Å². The van der Waals surface area contributed by atoms with Gasteiger partial charge in [-0.25, -0.2) is 0 Å². The van der Waals surface area contributed by atoms with Crippen molar-refractivity contribution in [1.82, 2.24) is 9.80 Å². The Hall–Kier alpha value is -1.60. The van der Waals surface area contributed by atoms with E-state index in [0.717, 1.165) is 0 Å². The zero-order chi connectivity index (χ0) is 16.4. The van der Waals surface area contributed by atoms with E-state index >= 15 is 0 Å². The van der Waals surface area contributed by atoms with Crippen LogP contribution in [0.2, 0.25) is 0 Å². The number of rotatable bonds is 3. The van der Waals surface area contributed by atoms with Crippen molar-refractivity contribution >= 4 is 5.97 Å². The van der Waals surface area contributed by atoms with Gasteiger partial charge in [0.15, 0.2) is 0 Å². The molecule has 126 valence electrons. The third kappa shape index (κ3) is 3.50. The van der Waals surface area contributed by atoms with Crippen LogP contribution in [0.5, 0.6) is 0 Å². The number of ether oxygens (including phenoxy) is 1. The minimum Gasteiger partial charge on any atom is -0.464 e. The van der Waals surface area contributed by atoms with Gasteiger partial charge in [0.2, 0.25) is 0 Å². The summed E-state index contributed by atoms with van der Waals surface area (Å²) in [5, 5.41) is 0. The van der Waals surface area contributed by atoms with E-state index in [9.17, 15) is 18.0 Å². The highest BCUT2D eigenvalue weighted by Crippen LogP contribution is 2.38. The Labute approximate surface area is 132 Å². The molecule has 3 rings (SSSR count). The first-order valence-electron chi connectivity index (χ1n) is 7.73. The van der Waals surface area contributed by atoms with Gasteiger partial charge in [-0.3, -0.25) is 14.6 Å². The van der Waals surface area contributed by atoms with Crippen LogP contribution in [0, 0.1) is 0 Å². The Morgan fingerprint density at radius 1 is 1.09 bits per heavy atom. The van der Waals surface area contributed by atoms with Gasteiger partial charge in [0.25, 0.3) is 0 Å². The van der Waals surface area contributed by atoms with E-state index in [2.05, 4.69) is 0 Å². The van der Waals surface area contributed by atoms with Crippen LogP contribution in [0.25, 0.3) is 0 Å². The number of nitrogens with zero attached hydrogens (tertiary/aromatic N) is 2. The third-order valence-electron chi connectivity index (χ3n) is 4.49. The fourth-order valence-corrected chi connectivity index (χ4v) is 3.37. The molecular formula is C16H19F3N2O2. The summed E-state index contributed by atoms with van der Waals surface area (Å²) in [5.41, 5.74) is 0.258. The molecule has 2 heterocycles. The molecule has 2 saturated heterocycles. The van der Waals surface area contributed by atoms with Crippen LogP contribution < -0.4 is 0 Å². The predicted molar refractivity (Wildman–Crippen MR) is 77.7 cm³/mol. The molecule has 0 saturated carbocycles. The second kappa shape index (κ2) is 6.49. The lowest BCUT2D eigenvalue weighted by atomic mass is 10.0. The van der Waals surface area contributed by atoms with Gasteiger partial charge in [0.1, 0.15) is 12.1 Å². The highest BCUT2D eigenvalue weighted by Gasteiger charge is 2.46. The highest BCUT2D eigenvalue weighted by atomic mass is 19.4. The van der Waals surface area contributed by atoms with Crippen molar-refractivity contribution in [1.29, 1.82) is 0 Å². The van der Waals surface area contributed by atoms with E-state index in [1.165, 1.54) is 17.0 Å². The fraction of sp³-hybridized carbons (Fsp3) is 0.562. The second-order valence-electron chi connectivity index (χ2n) is 5.90. The van der Waals surface area contributed by atoms with E-state index in [4.69, 9.17) is 4.74 Å². The van der Waals surface area contributed by atoms with Gasteiger partial charge in [-0.15, -0.1) is 0 Å². The molecule has 0 amide bonds. The highest BCUT2D eigenvalue weighted by molar-refractivity contribution is 5.77. The van der Waals surface area contributed by atoms with Gasteiger partial charge in [-0.05, 0) is 5.56 Å². The van der Waals surface area contributed by atoms with Crippen molar-refractivity contribution in [2.75, 3.05) is 32.8 Å². The first-order valence-corrected chi connectivity index (χ1v) is 7.73. The van der Waals surface area contributed by atoms with Gasteiger partial charge < -0.3 is 4.74 Å². The molecule has 1 aromatic rings.